The Hall–Kier alpha value is -2.13. The topological polar surface area (TPSA) is 40.5 Å². The SMILES string of the molecule is CCC[C@H]1CCCN1C(=O)c1ccc(-c2ccc(CCO)cc2)cc1. The molecule has 2 aromatic rings. The van der Waals surface area contributed by atoms with Gasteiger partial charge in [0.05, 0.1) is 0 Å². The second-order valence-electron chi connectivity index (χ2n) is 6.83. The minimum atomic E-state index is 0.167. The molecule has 0 aliphatic carbocycles. The lowest BCUT2D eigenvalue weighted by Crippen LogP contribution is -2.35. The average molecular weight is 337 g/mol. The zero-order chi connectivity index (χ0) is 17.6. The van der Waals surface area contributed by atoms with Crippen LogP contribution in [0.25, 0.3) is 11.1 Å². The zero-order valence-electron chi connectivity index (χ0n) is 14.9. The van der Waals surface area contributed by atoms with Crippen molar-refractivity contribution >= 4 is 5.91 Å². The fourth-order valence-electron chi connectivity index (χ4n) is 3.70. The first kappa shape index (κ1) is 17.7. The van der Waals surface area contributed by atoms with Crippen LogP contribution in [0.2, 0.25) is 0 Å². The Bertz CT molecular complexity index is 691. The third kappa shape index (κ3) is 4.10. The Morgan fingerprint density at radius 3 is 2.32 bits per heavy atom. The van der Waals surface area contributed by atoms with E-state index in [1.54, 1.807) is 0 Å². The highest BCUT2D eigenvalue weighted by molar-refractivity contribution is 5.95. The van der Waals surface area contributed by atoms with Gasteiger partial charge in [0.15, 0.2) is 0 Å². The van der Waals surface area contributed by atoms with E-state index in [1.165, 1.54) is 0 Å². The lowest BCUT2D eigenvalue weighted by Gasteiger charge is -2.24. The summed E-state index contributed by atoms with van der Waals surface area (Å²) in [5, 5.41) is 8.99. The number of aliphatic hydroxyl groups excluding tert-OH is 1. The molecule has 0 bridgehead atoms. The number of hydrogen-bond donors (Lipinski definition) is 1. The van der Waals surface area contributed by atoms with Crippen molar-refractivity contribution in [3.8, 4) is 11.1 Å². The summed E-state index contributed by atoms with van der Waals surface area (Å²) in [4.78, 5) is 14.9. The Morgan fingerprint density at radius 2 is 1.72 bits per heavy atom. The molecule has 1 atom stereocenters. The van der Waals surface area contributed by atoms with Crippen molar-refractivity contribution in [1.82, 2.24) is 4.90 Å². The molecule has 1 N–H and O–H groups in total. The zero-order valence-corrected chi connectivity index (χ0v) is 14.9. The largest absolute Gasteiger partial charge is 0.396 e. The van der Waals surface area contributed by atoms with E-state index in [1.807, 2.05) is 36.4 Å². The molecule has 3 rings (SSSR count). The molecule has 1 saturated heterocycles. The molecule has 3 heteroatoms. The van der Waals surface area contributed by atoms with E-state index in [0.717, 1.165) is 54.5 Å². The second-order valence-corrected chi connectivity index (χ2v) is 6.83. The first-order valence-electron chi connectivity index (χ1n) is 9.34. The van der Waals surface area contributed by atoms with Crippen molar-refractivity contribution in [3.63, 3.8) is 0 Å². The minimum Gasteiger partial charge on any atom is -0.396 e. The molecule has 1 heterocycles. The highest BCUT2D eigenvalue weighted by Gasteiger charge is 2.28. The van der Waals surface area contributed by atoms with Gasteiger partial charge < -0.3 is 10.0 Å². The van der Waals surface area contributed by atoms with Crippen LogP contribution < -0.4 is 0 Å². The number of rotatable bonds is 6. The molecule has 3 nitrogen and oxygen atoms in total. The van der Waals surface area contributed by atoms with Gasteiger partial charge in [0.25, 0.3) is 5.91 Å². The third-order valence-electron chi connectivity index (χ3n) is 5.08. The van der Waals surface area contributed by atoms with Gasteiger partial charge in [0.1, 0.15) is 0 Å². The van der Waals surface area contributed by atoms with E-state index in [4.69, 9.17) is 5.11 Å². The molecule has 1 aliphatic rings. The molecule has 1 fully saturated rings. The van der Waals surface area contributed by atoms with Crippen molar-refractivity contribution < 1.29 is 9.90 Å². The number of aliphatic hydroxyl groups is 1. The summed E-state index contributed by atoms with van der Waals surface area (Å²) in [5.41, 5.74) is 4.15. The molecule has 0 radical (unpaired) electrons. The summed E-state index contributed by atoms with van der Waals surface area (Å²) in [6, 6.07) is 16.6. The highest BCUT2D eigenvalue weighted by atomic mass is 16.3. The predicted octanol–water partition coefficient (Wildman–Crippen LogP) is 4.29. The van der Waals surface area contributed by atoms with Crippen LogP contribution >= 0.6 is 0 Å². The Kier molecular flexibility index (Phi) is 5.87. The normalized spacial score (nSPS) is 17.0. The van der Waals surface area contributed by atoms with Crippen molar-refractivity contribution in [2.75, 3.05) is 13.2 Å². The van der Waals surface area contributed by atoms with Crippen molar-refractivity contribution in [2.45, 2.75) is 45.1 Å². The van der Waals surface area contributed by atoms with Crippen LogP contribution in [0.15, 0.2) is 48.5 Å². The number of benzene rings is 2. The molecular formula is C22H27NO2. The summed E-state index contributed by atoms with van der Waals surface area (Å²) in [7, 11) is 0. The number of hydrogen-bond acceptors (Lipinski definition) is 2. The Balaban J connectivity index is 1.72. The van der Waals surface area contributed by atoms with E-state index < -0.39 is 0 Å². The quantitative estimate of drug-likeness (QED) is 0.854. The number of amides is 1. The summed E-state index contributed by atoms with van der Waals surface area (Å²) in [5.74, 6) is 0.167. The summed E-state index contributed by atoms with van der Waals surface area (Å²) >= 11 is 0. The summed E-state index contributed by atoms with van der Waals surface area (Å²) in [6.45, 7) is 3.24. The second kappa shape index (κ2) is 8.30. The third-order valence-corrected chi connectivity index (χ3v) is 5.08. The van der Waals surface area contributed by atoms with Crippen LogP contribution in [0.5, 0.6) is 0 Å². The van der Waals surface area contributed by atoms with Crippen molar-refractivity contribution in [1.29, 1.82) is 0 Å². The molecule has 0 saturated carbocycles. The first-order valence-corrected chi connectivity index (χ1v) is 9.34. The molecule has 1 amide bonds. The smallest absolute Gasteiger partial charge is 0.254 e. The molecule has 0 aromatic heterocycles. The van der Waals surface area contributed by atoms with Gasteiger partial charge in [-0.25, -0.2) is 0 Å². The minimum absolute atomic E-state index is 0.167. The maximum atomic E-state index is 12.8. The highest BCUT2D eigenvalue weighted by Crippen LogP contribution is 2.25. The van der Waals surface area contributed by atoms with Crippen LogP contribution in [0.4, 0.5) is 0 Å². The standard InChI is InChI=1S/C22H27NO2/c1-2-4-21-5-3-15-23(21)22(25)20-12-10-19(11-13-20)18-8-6-17(7-9-18)14-16-24/h6-13,21,24H,2-5,14-16H2,1H3/t21-/m0/s1. The van der Waals surface area contributed by atoms with Gasteiger partial charge in [0.2, 0.25) is 0 Å². The van der Waals surface area contributed by atoms with Gasteiger partial charge in [-0.05, 0) is 54.5 Å². The summed E-state index contributed by atoms with van der Waals surface area (Å²) < 4.78 is 0. The molecule has 2 aromatic carbocycles. The van der Waals surface area contributed by atoms with Gasteiger partial charge in [-0.15, -0.1) is 0 Å². The van der Waals surface area contributed by atoms with E-state index >= 15 is 0 Å². The van der Waals surface area contributed by atoms with Crippen LogP contribution in [0.3, 0.4) is 0 Å². The van der Waals surface area contributed by atoms with E-state index in [-0.39, 0.29) is 12.5 Å². The number of carbonyl (C=O) groups excluding carboxylic acids is 1. The number of nitrogens with zero attached hydrogens (tertiary/aromatic N) is 1. The van der Waals surface area contributed by atoms with Crippen molar-refractivity contribution in [2.24, 2.45) is 0 Å². The van der Waals surface area contributed by atoms with Crippen LogP contribution in [-0.2, 0) is 6.42 Å². The van der Waals surface area contributed by atoms with Gasteiger partial charge in [0, 0.05) is 24.8 Å². The van der Waals surface area contributed by atoms with Gasteiger partial charge in [-0.3, -0.25) is 4.79 Å². The monoisotopic (exact) mass is 337 g/mol. The van der Waals surface area contributed by atoms with Crippen molar-refractivity contribution in [3.05, 3.63) is 59.7 Å². The average Bonchev–Trinajstić information content (AvgIpc) is 3.11. The molecular weight excluding hydrogens is 310 g/mol. The van der Waals surface area contributed by atoms with Gasteiger partial charge >= 0.3 is 0 Å². The Labute approximate surface area is 150 Å². The van der Waals surface area contributed by atoms with E-state index in [0.29, 0.717) is 12.5 Å². The van der Waals surface area contributed by atoms with E-state index in [9.17, 15) is 4.79 Å². The van der Waals surface area contributed by atoms with E-state index in [2.05, 4.69) is 24.0 Å². The molecule has 1 aliphatic heterocycles. The van der Waals surface area contributed by atoms with Crippen LogP contribution in [0, 0.1) is 0 Å². The maximum Gasteiger partial charge on any atom is 0.254 e. The first-order chi connectivity index (χ1) is 12.2. The lowest BCUT2D eigenvalue weighted by atomic mass is 10.0. The predicted molar refractivity (Wildman–Crippen MR) is 102 cm³/mol. The molecule has 25 heavy (non-hydrogen) atoms. The lowest BCUT2D eigenvalue weighted by molar-refractivity contribution is 0.0730. The molecule has 0 spiro atoms. The fourth-order valence-corrected chi connectivity index (χ4v) is 3.70. The number of carbonyl (C=O) groups is 1. The van der Waals surface area contributed by atoms with Crippen LogP contribution in [0.1, 0.15) is 48.5 Å². The van der Waals surface area contributed by atoms with Crippen LogP contribution in [-0.4, -0.2) is 35.1 Å². The fraction of sp³-hybridized carbons (Fsp3) is 0.409. The molecule has 132 valence electrons. The summed E-state index contributed by atoms with van der Waals surface area (Å²) in [6.07, 6.45) is 5.17. The Morgan fingerprint density at radius 1 is 1.08 bits per heavy atom. The van der Waals surface area contributed by atoms with Gasteiger partial charge in [-0.2, -0.15) is 0 Å². The van der Waals surface area contributed by atoms with Gasteiger partial charge in [-0.1, -0.05) is 49.7 Å². The maximum absolute atomic E-state index is 12.8. The molecule has 0 unspecified atom stereocenters. The number of likely N-dealkylation sites (tertiary alicyclic amines) is 1.